The highest BCUT2D eigenvalue weighted by atomic mass is 32.2. The van der Waals surface area contributed by atoms with Gasteiger partial charge in [0.25, 0.3) is 0 Å². The first kappa shape index (κ1) is 11.7. The fourth-order valence-corrected chi connectivity index (χ4v) is 2.87. The topological polar surface area (TPSA) is 54.4 Å². The minimum Gasteiger partial charge on any atom is -0.390 e. The summed E-state index contributed by atoms with van der Waals surface area (Å²) >= 11 is 0. The fraction of sp³-hybridized carbons (Fsp3) is 0.800. The standard InChI is InChI=1S/C10H18O3S/c1-2-5-10(11)6-3-9(4-7-10)8-14(12)13/h2,9,11,14H,1,3-8H2. The number of thiol groups is 1. The maximum Gasteiger partial charge on any atom is 0.140 e. The number of aliphatic hydroxyl groups is 1. The molecule has 0 bridgehead atoms. The molecule has 0 aromatic rings. The molecule has 0 saturated heterocycles. The molecule has 0 radical (unpaired) electrons. The zero-order valence-corrected chi connectivity index (χ0v) is 9.21. The summed E-state index contributed by atoms with van der Waals surface area (Å²) in [4.78, 5) is 0. The van der Waals surface area contributed by atoms with E-state index in [1.54, 1.807) is 6.08 Å². The van der Waals surface area contributed by atoms with E-state index >= 15 is 0 Å². The largest absolute Gasteiger partial charge is 0.390 e. The lowest BCUT2D eigenvalue weighted by Crippen LogP contribution is -2.34. The summed E-state index contributed by atoms with van der Waals surface area (Å²) in [5.74, 6) is 0.528. The van der Waals surface area contributed by atoms with Crippen molar-refractivity contribution in [1.29, 1.82) is 0 Å². The Balaban J connectivity index is 2.40. The van der Waals surface area contributed by atoms with Crippen LogP contribution in [0, 0.1) is 5.92 Å². The number of hydrogen-bond donors (Lipinski definition) is 2. The van der Waals surface area contributed by atoms with E-state index in [1.807, 2.05) is 0 Å². The van der Waals surface area contributed by atoms with Gasteiger partial charge in [-0.15, -0.1) is 6.58 Å². The normalized spacial score (nSPS) is 33.1. The van der Waals surface area contributed by atoms with Crippen LogP contribution in [0.5, 0.6) is 0 Å². The molecule has 1 saturated carbocycles. The smallest absolute Gasteiger partial charge is 0.140 e. The van der Waals surface area contributed by atoms with Gasteiger partial charge in [-0.2, -0.15) is 0 Å². The Morgan fingerprint density at radius 2 is 2.00 bits per heavy atom. The third-order valence-corrected chi connectivity index (χ3v) is 3.78. The first-order chi connectivity index (χ1) is 6.56. The molecule has 82 valence electrons. The molecule has 4 heteroatoms. The van der Waals surface area contributed by atoms with Crippen molar-refractivity contribution >= 4 is 10.7 Å². The van der Waals surface area contributed by atoms with E-state index in [2.05, 4.69) is 6.58 Å². The van der Waals surface area contributed by atoms with Gasteiger partial charge in [-0.25, -0.2) is 8.42 Å². The molecule has 0 aromatic carbocycles. The fourth-order valence-electron chi connectivity index (χ4n) is 2.08. The van der Waals surface area contributed by atoms with Crippen LogP contribution in [0.3, 0.4) is 0 Å². The van der Waals surface area contributed by atoms with Gasteiger partial charge >= 0.3 is 0 Å². The highest BCUT2D eigenvalue weighted by Crippen LogP contribution is 2.34. The van der Waals surface area contributed by atoms with E-state index in [0.717, 1.165) is 12.8 Å². The summed E-state index contributed by atoms with van der Waals surface area (Å²) in [5, 5.41) is 10.0. The second-order valence-electron chi connectivity index (χ2n) is 4.18. The summed E-state index contributed by atoms with van der Waals surface area (Å²) in [6, 6.07) is 0. The first-order valence-corrected chi connectivity index (χ1v) is 6.37. The quantitative estimate of drug-likeness (QED) is 0.549. The minimum absolute atomic E-state index is 0.251. The van der Waals surface area contributed by atoms with Gasteiger partial charge in [0.05, 0.1) is 11.4 Å². The van der Waals surface area contributed by atoms with E-state index in [4.69, 9.17) is 0 Å². The van der Waals surface area contributed by atoms with Crippen LogP contribution in [0.25, 0.3) is 0 Å². The van der Waals surface area contributed by atoms with Crippen LogP contribution in [0.2, 0.25) is 0 Å². The van der Waals surface area contributed by atoms with Crippen molar-refractivity contribution < 1.29 is 13.5 Å². The lowest BCUT2D eigenvalue weighted by Gasteiger charge is -2.34. The van der Waals surface area contributed by atoms with Crippen molar-refractivity contribution in [2.75, 3.05) is 5.75 Å². The third-order valence-electron chi connectivity index (χ3n) is 2.97. The van der Waals surface area contributed by atoms with Crippen molar-refractivity contribution in [3.8, 4) is 0 Å². The lowest BCUT2D eigenvalue weighted by molar-refractivity contribution is -0.00384. The van der Waals surface area contributed by atoms with Crippen molar-refractivity contribution in [3.05, 3.63) is 12.7 Å². The minimum atomic E-state index is -2.26. The van der Waals surface area contributed by atoms with Gasteiger partial charge in [-0.3, -0.25) is 0 Å². The van der Waals surface area contributed by atoms with Gasteiger partial charge in [0.1, 0.15) is 10.7 Å². The van der Waals surface area contributed by atoms with Crippen molar-refractivity contribution in [3.63, 3.8) is 0 Å². The van der Waals surface area contributed by atoms with E-state index in [-0.39, 0.29) is 11.7 Å². The molecule has 1 N–H and O–H groups in total. The molecule has 0 spiro atoms. The molecule has 0 heterocycles. The van der Waals surface area contributed by atoms with Crippen LogP contribution >= 0.6 is 0 Å². The zero-order chi connectivity index (χ0) is 10.6. The molecule has 0 aliphatic heterocycles. The molecule has 1 aliphatic carbocycles. The van der Waals surface area contributed by atoms with Crippen LogP contribution in [-0.4, -0.2) is 24.9 Å². The average Bonchev–Trinajstić information content (AvgIpc) is 2.09. The van der Waals surface area contributed by atoms with E-state index in [0.29, 0.717) is 19.3 Å². The lowest BCUT2D eigenvalue weighted by atomic mass is 9.78. The summed E-state index contributed by atoms with van der Waals surface area (Å²) in [6.45, 7) is 3.61. The highest BCUT2D eigenvalue weighted by Gasteiger charge is 2.31. The molecule has 0 unspecified atom stereocenters. The summed E-state index contributed by atoms with van der Waals surface area (Å²) in [5.41, 5.74) is -0.618. The van der Waals surface area contributed by atoms with Crippen molar-refractivity contribution in [2.24, 2.45) is 5.92 Å². The Labute approximate surface area is 86.8 Å². The van der Waals surface area contributed by atoms with Crippen LogP contribution in [0.15, 0.2) is 12.7 Å². The molecular formula is C10H18O3S. The van der Waals surface area contributed by atoms with Crippen molar-refractivity contribution in [1.82, 2.24) is 0 Å². The third kappa shape index (κ3) is 3.42. The predicted octanol–water partition coefficient (Wildman–Crippen LogP) is 1.10. The van der Waals surface area contributed by atoms with E-state index in [9.17, 15) is 13.5 Å². The molecule has 14 heavy (non-hydrogen) atoms. The summed E-state index contributed by atoms with van der Waals surface area (Å²) in [6.07, 6.45) is 5.37. The number of hydrogen-bond acceptors (Lipinski definition) is 3. The second-order valence-corrected chi connectivity index (χ2v) is 5.21. The summed E-state index contributed by atoms with van der Waals surface area (Å²) < 4.78 is 21.0. The van der Waals surface area contributed by atoms with Gasteiger partial charge in [-0.05, 0) is 38.0 Å². The maximum atomic E-state index is 10.5. The van der Waals surface area contributed by atoms with Gasteiger partial charge < -0.3 is 5.11 Å². The van der Waals surface area contributed by atoms with Gasteiger partial charge in [-0.1, -0.05) is 6.08 Å². The molecule has 0 atom stereocenters. The summed E-state index contributed by atoms with van der Waals surface area (Å²) in [7, 11) is -2.26. The monoisotopic (exact) mass is 218 g/mol. The first-order valence-electron chi connectivity index (χ1n) is 5.01. The molecule has 0 aromatic heterocycles. The zero-order valence-electron chi connectivity index (χ0n) is 8.32. The molecule has 0 amide bonds. The SMILES string of the molecule is C=CCC1(O)CCC(C[SH](=O)=O)CC1. The molecule has 1 aliphatic rings. The number of rotatable bonds is 4. The van der Waals surface area contributed by atoms with Gasteiger partial charge in [0, 0.05) is 0 Å². The molecule has 1 fully saturated rings. The van der Waals surface area contributed by atoms with Crippen LogP contribution in [0.1, 0.15) is 32.1 Å². The highest BCUT2D eigenvalue weighted by molar-refractivity contribution is 7.72. The molecular weight excluding hydrogens is 200 g/mol. The second kappa shape index (κ2) is 4.94. The van der Waals surface area contributed by atoms with Gasteiger partial charge in [0.15, 0.2) is 0 Å². The Hall–Kier alpha value is -0.350. The predicted molar refractivity (Wildman–Crippen MR) is 56.9 cm³/mol. The Bertz CT molecular complexity index is 255. The molecule has 3 nitrogen and oxygen atoms in total. The Morgan fingerprint density at radius 3 is 2.43 bits per heavy atom. The van der Waals surface area contributed by atoms with Crippen molar-refractivity contribution in [2.45, 2.75) is 37.7 Å². The Morgan fingerprint density at radius 1 is 1.43 bits per heavy atom. The van der Waals surface area contributed by atoms with Crippen LogP contribution in [0.4, 0.5) is 0 Å². The van der Waals surface area contributed by atoms with E-state index in [1.165, 1.54) is 0 Å². The average molecular weight is 218 g/mol. The van der Waals surface area contributed by atoms with E-state index < -0.39 is 16.3 Å². The maximum absolute atomic E-state index is 10.5. The van der Waals surface area contributed by atoms with Crippen LogP contribution in [-0.2, 0) is 10.7 Å². The van der Waals surface area contributed by atoms with Crippen LogP contribution < -0.4 is 0 Å². The Kier molecular flexibility index (Phi) is 4.13. The van der Waals surface area contributed by atoms with Gasteiger partial charge in [0.2, 0.25) is 0 Å². The molecule has 1 rings (SSSR count).